The third-order valence-electron chi connectivity index (χ3n) is 7.15. The number of halogens is 1. The quantitative estimate of drug-likeness (QED) is 0.422. The minimum atomic E-state index is -0.515. The third-order valence-corrected chi connectivity index (χ3v) is 7.15. The van der Waals surface area contributed by atoms with Crippen molar-refractivity contribution in [1.29, 1.82) is 0 Å². The van der Waals surface area contributed by atoms with Gasteiger partial charge in [-0.2, -0.15) is 0 Å². The molecule has 0 aliphatic heterocycles. The maximum Gasteiger partial charge on any atom is 0.255 e. The van der Waals surface area contributed by atoms with Crippen LogP contribution in [0.25, 0.3) is 22.3 Å². The first kappa shape index (κ1) is 25.0. The molecule has 0 radical (unpaired) electrons. The topological polar surface area (TPSA) is 118 Å². The average molecular weight is 510 g/mol. The Labute approximate surface area is 214 Å². The van der Waals surface area contributed by atoms with Crippen LogP contribution in [0.4, 0.5) is 4.39 Å². The van der Waals surface area contributed by atoms with E-state index in [1.807, 2.05) is 6.92 Å². The van der Waals surface area contributed by atoms with Gasteiger partial charge in [-0.15, -0.1) is 0 Å². The molecule has 2 aliphatic carbocycles. The summed E-state index contributed by atoms with van der Waals surface area (Å²) in [5.74, 6) is 0.185. The number of aryl methyl sites for hydroxylation is 1. The molecule has 2 fully saturated rings. The van der Waals surface area contributed by atoms with E-state index in [0.717, 1.165) is 38.5 Å². The molecule has 0 saturated heterocycles. The molecule has 0 spiro atoms. The van der Waals surface area contributed by atoms with Gasteiger partial charge in [-0.25, -0.2) is 14.4 Å². The standard InChI is InChI=1S/C27H32FN5O4/c1-14-23(27(35)33-18-8-6-17(7-9-18)32-15(2)34)25-26(31-14)24(29-13-30-25)19-10-22(36-3)20(28)11-21(19)37-12-16-4-5-16/h10-11,13,16-18,31H,4-9,12H2,1-3H3,(H,32,34)(H,33,35)/t17-,18+. The Kier molecular flexibility index (Phi) is 6.99. The Morgan fingerprint density at radius 1 is 1.05 bits per heavy atom. The van der Waals surface area contributed by atoms with Crippen molar-refractivity contribution in [1.82, 2.24) is 25.6 Å². The SMILES string of the molecule is COc1cc(-c2ncnc3c(C(=O)N[C@H]4CC[C@@H](NC(C)=O)CC4)c(C)[nH]c23)c(OCC2CC2)cc1F. The van der Waals surface area contributed by atoms with E-state index in [4.69, 9.17) is 9.47 Å². The monoisotopic (exact) mass is 509 g/mol. The van der Waals surface area contributed by atoms with Crippen molar-refractivity contribution >= 4 is 22.8 Å². The number of hydrogen-bond acceptors (Lipinski definition) is 6. The summed E-state index contributed by atoms with van der Waals surface area (Å²) in [4.78, 5) is 36.9. The minimum Gasteiger partial charge on any atom is -0.494 e. The lowest BCUT2D eigenvalue weighted by atomic mass is 9.91. The fourth-order valence-corrected chi connectivity index (χ4v) is 5.02. The highest BCUT2D eigenvalue weighted by atomic mass is 19.1. The molecule has 0 atom stereocenters. The molecule has 2 heterocycles. The van der Waals surface area contributed by atoms with E-state index in [9.17, 15) is 14.0 Å². The molecule has 3 aromatic rings. The summed E-state index contributed by atoms with van der Waals surface area (Å²) in [7, 11) is 1.41. The molecular formula is C27H32FN5O4. The maximum absolute atomic E-state index is 14.6. The lowest BCUT2D eigenvalue weighted by molar-refractivity contribution is -0.119. The van der Waals surface area contributed by atoms with Crippen LogP contribution in [-0.2, 0) is 4.79 Å². The zero-order chi connectivity index (χ0) is 26.1. The van der Waals surface area contributed by atoms with Gasteiger partial charge in [-0.05, 0) is 57.4 Å². The number of nitrogens with one attached hydrogen (secondary N) is 3. The predicted octanol–water partition coefficient (Wildman–Crippen LogP) is 4.05. The van der Waals surface area contributed by atoms with E-state index >= 15 is 0 Å². The number of rotatable bonds is 8. The zero-order valence-electron chi connectivity index (χ0n) is 21.3. The molecule has 1 aromatic carbocycles. The van der Waals surface area contributed by atoms with Crippen LogP contribution >= 0.6 is 0 Å². The summed E-state index contributed by atoms with van der Waals surface area (Å²) < 4.78 is 25.8. The van der Waals surface area contributed by atoms with E-state index in [0.29, 0.717) is 51.8 Å². The van der Waals surface area contributed by atoms with Crippen molar-refractivity contribution in [2.75, 3.05) is 13.7 Å². The highest BCUT2D eigenvalue weighted by Crippen LogP contribution is 2.39. The molecule has 2 aliphatic rings. The summed E-state index contributed by atoms with van der Waals surface area (Å²) in [5, 5.41) is 6.09. The van der Waals surface area contributed by atoms with E-state index in [1.165, 1.54) is 26.4 Å². The fourth-order valence-electron chi connectivity index (χ4n) is 5.02. The molecule has 5 rings (SSSR count). The Balaban J connectivity index is 1.43. The van der Waals surface area contributed by atoms with Gasteiger partial charge in [0.1, 0.15) is 23.3 Å². The molecular weight excluding hydrogens is 477 g/mol. The van der Waals surface area contributed by atoms with Gasteiger partial charge >= 0.3 is 0 Å². The van der Waals surface area contributed by atoms with Gasteiger partial charge in [0.05, 0.1) is 24.8 Å². The average Bonchev–Trinajstić information content (AvgIpc) is 3.63. The number of carbonyl (C=O) groups is 2. The summed E-state index contributed by atoms with van der Waals surface area (Å²) in [6.45, 7) is 3.85. The number of carbonyl (C=O) groups excluding carboxylic acids is 2. The number of H-pyrrole nitrogens is 1. The number of nitrogens with zero attached hydrogens (tertiary/aromatic N) is 2. The molecule has 0 bridgehead atoms. The van der Waals surface area contributed by atoms with Crippen molar-refractivity contribution in [3.05, 3.63) is 35.5 Å². The zero-order valence-corrected chi connectivity index (χ0v) is 21.3. The lowest BCUT2D eigenvalue weighted by Gasteiger charge is -2.29. The van der Waals surface area contributed by atoms with Crippen molar-refractivity contribution in [3.8, 4) is 22.8 Å². The van der Waals surface area contributed by atoms with Crippen molar-refractivity contribution in [3.63, 3.8) is 0 Å². The van der Waals surface area contributed by atoms with Gasteiger partial charge in [-0.1, -0.05) is 0 Å². The first-order chi connectivity index (χ1) is 17.8. The second-order valence-electron chi connectivity index (χ2n) is 10.0. The number of aromatic amines is 1. The van der Waals surface area contributed by atoms with Crippen LogP contribution in [0.15, 0.2) is 18.5 Å². The van der Waals surface area contributed by atoms with Crippen molar-refractivity contribution in [2.45, 2.75) is 64.5 Å². The smallest absolute Gasteiger partial charge is 0.255 e. The molecule has 0 unspecified atom stereocenters. The molecule has 2 amide bonds. The van der Waals surface area contributed by atoms with Crippen molar-refractivity contribution < 1.29 is 23.5 Å². The van der Waals surface area contributed by atoms with E-state index in [-0.39, 0.29) is 29.6 Å². The van der Waals surface area contributed by atoms with Crippen LogP contribution < -0.4 is 20.1 Å². The van der Waals surface area contributed by atoms with Gasteiger partial charge < -0.3 is 25.1 Å². The highest BCUT2D eigenvalue weighted by molar-refractivity contribution is 6.09. The second-order valence-corrected chi connectivity index (χ2v) is 10.0. The summed E-state index contributed by atoms with van der Waals surface area (Å²) in [6, 6.07) is 3.07. The number of aromatic nitrogens is 3. The molecule has 9 nitrogen and oxygen atoms in total. The second kappa shape index (κ2) is 10.4. The van der Waals surface area contributed by atoms with Gasteiger partial charge in [0.15, 0.2) is 11.6 Å². The first-order valence-electron chi connectivity index (χ1n) is 12.8. The molecule has 196 valence electrons. The van der Waals surface area contributed by atoms with Gasteiger partial charge in [0, 0.05) is 36.3 Å². The first-order valence-corrected chi connectivity index (χ1v) is 12.8. The van der Waals surface area contributed by atoms with Crippen LogP contribution in [0.2, 0.25) is 0 Å². The van der Waals surface area contributed by atoms with Crippen LogP contribution in [0.5, 0.6) is 11.5 Å². The van der Waals surface area contributed by atoms with Gasteiger partial charge in [0.25, 0.3) is 5.91 Å². The number of amides is 2. The van der Waals surface area contributed by atoms with E-state index in [2.05, 4.69) is 25.6 Å². The largest absolute Gasteiger partial charge is 0.494 e. The highest BCUT2D eigenvalue weighted by Gasteiger charge is 2.28. The normalized spacial score (nSPS) is 19.5. The van der Waals surface area contributed by atoms with E-state index in [1.54, 1.807) is 6.07 Å². The number of ether oxygens (including phenoxy) is 2. The van der Waals surface area contributed by atoms with Crippen LogP contribution in [-0.4, -0.2) is 52.6 Å². The maximum atomic E-state index is 14.6. The lowest BCUT2D eigenvalue weighted by Crippen LogP contribution is -2.43. The number of methoxy groups -OCH3 is 1. The Hall–Kier alpha value is -3.69. The minimum absolute atomic E-state index is 0.0203. The van der Waals surface area contributed by atoms with Crippen molar-refractivity contribution in [2.24, 2.45) is 5.92 Å². The Bertz CT molecular complexity index is 1330. The summed E-state index contributed by atoms with van der Waals surface area (Å²) in [6.07, 6.45) is 6.83. The molecule has 3 N–H and O–H groups in total. The molecule has 2 saturated carbocycles. The fraction of sp³-hybridized carbons (Fsp3) is 0.481. The van der Waals surface area contributed by atoms with E-state index < -0.39 is 5.82 Å². The number of benzene rings is 1. The van der Waals surface area contributed by atoms with Gasteiger partial charge in [-0.3, -0.25) is 9.59 Å². The predicted molar refractivity (Wildman–Crippen MR) is 136 cm³/mol. The summed E-state index contributed by atoms with van der Waals surface area (Å²) >= 11 is 0. The Morgan fingerprint density at radius 3 is 2.41 bits per heavy atom. The molecule has 10 heteroatoms. The molecule has 2 aromatic heterocycles. The Morgan fingerprint density at radius 2 is 1.76 bits per heavy atom. The number of fused-ring (bicyclic) bond motifs is 1. The number of hydrogen-bond donors (Lipinski definition) is 3. The molecule has 37 heavy (non-hydrogen) atoms. The van der Waals surface area contributed by atoms with Crippen LogP contribution in [0.1, 0.15) is 61.5 Å². The van der Waals surface area contributed by atoms with Crippen LogP contribution in [0.3, 0.4) is 0 Å². The van der Waals surface area contributed by atoms with Crippen LogP contribution in [0, 0.1) is 18.7 Å². The third kappa shape index (κ3) is 5.38. The summed E-state index contributed by atoms with van der Waals surface area (Å²) in [5.41, 5.74) is 3.25. The van der Waals surface area contributed by atoms with Gasteiger partial charge in [0.2, 0.25) is 5.91 Å².